The summed E-state index contributed by atoms with van der Waals surface area (Å²) in [5, 5.41) is 0. The van der Waals surface area contributed by atoms with E-state index in [1.165, 1.54) is 37.7 Å². The fourth-order valence-electron chi connectivity index (χ4n) is 1.98. The minimum absolute atomic E-state index is 0.854. The molecule has 1 heterocycles. The monoisotopic (exact) mass is 219 g/mol. The van der Waals surface area contributed by atoms with E-state index in [1.54, 1.807) is 0 Å². The first-order chi connectivity index (χ1) is 7.68. The van der Waals surface area contributed by atoms with Crippen LogP contribution in [-0.2, 0) is 6.42 Å². The number of nitrogens with zero attached hydrogens (tertiary/aromatic N) is 1. The van der Waals surface area contributed by atoms with E-state index in [4.69, 9.17) is 0 Å². The molecule has 0 aliphatic heterocycles. The van der Waals surface area contributed by atoms with Crippen LogP contribution in [0.1, 0.15) is 52.0 Å². The second-order valence-electron chi connectivity index (χ2n) is 5.32. The van der Waals surface area contributed by atoms with Gasteiger partial charge in [-0.05, 0) is 42.4 Å². The summed E-state index contributed by atoms with van der Waals surface area (Å²) >= 11 is 0. The summed E-state index contributed by atoms with van der Waals surface area (Å²) in [4.78, 5) is 4.04. The van der Waals surface area contributed by atoms with Crippen molar-refractivity contribution in [1.29, 1.82) is 0 Å². The molecule has 0 radical (unpaired) electrons. The van der Waals surface area contributed by atoms with Gasteiger partial charge in [0.2, 0.25) is 0 Å². The van der Waals surface area contributed by atoms with Crippen molar-refractivity contribution in [2.45, 2.75) is 52.9 Å². The molecule has 1 unspecified atom stereocenters. The van der Waals surface area contributed by atoms with Gasteiger partial charge in [0.15, 0.2) is 0 Å². The zero-order valence-electron chi connectivity index (χ0n) is 10.9. The van der Waals surface area contributed by atoms with Crippen LogP contribution in [0.4, 0.5) is 0 Å². The molecule has 0 bridgehead atoms. The van der Waals surface area contributed by atoms with Gasteiger partial charge in [0.25, 0.3) is 0 Å². The minimum Gasteiger partial charge on any atom is -0.265 e. The molecule has 1 aromatic rings. The van der Waals surface area contributed by atoms with Gasteiger partial charge in [-0.2, -0.15) is 0 Å². The van der Waals surface area contributed by atoms with Gasteiger partial charge in [-0.25, -0.2) is 0 Å². The molecule has 0 spiro atoms. The van der Waals surface area contributed by atoms with Gasteiger partial charge < -0.3 is 0 Å². The first-order valence-electron chi connectivity index (χ1n) is 6.57. The van der Waals surface area contributed by atoms with Crippen LogP contribution in [0.15, 0.2) is 24.5 Å². The summed E-state index contributed by atoms with van der Waals surface area (Å²) in [7, 11) is 0. The highest BCUT2D eigenvalue weighted by Gasteiger charge is 2.03. The van der Waals surface area contributed by atoms with Gasteiger partial charge in [-0.3, -0.25) is 4.98 Å². The van der Waals surface area contributed by atoms with Crippen molar-refractivity contribution in [3.05, 3.63) is 30.1 Å². The van der Waals surface area contributed by atoms with E-state index in [0.717, 1.165) is 11.8 Å². The fourth-order valence-corrected chi connectivity index (χ4v) is 1.98. The maximum absolute atomic E-state index is 4.04. The smallest absolute Gasteiger partial charge is 0.0270 e. The SMILES string of the molecule is CC(C)CCCC(C)CCc1ccncc1. The third-order valence-electron chi connectivity index (χ3n) is 3.15. The minimum atomic E-state index is 0.854. The van der Waals surface area contributed by atoms with Crippen molar-refractivity contribution in [3.8, 4) is 0 Å². The van der Waals surface area contributed by atoms with E-state index in [1.807, 2.05) is 12.4 Å². The van der Waals surface area contributed by atoms with Gasteiger partial charge in [-0.1, -0.05) is 40.0 Å². The normalized spacial score (nSPS) is 13.0. The summed E-state index contributed by atoms with van der Waals surface area (Å²) < 4.78 is 0. The molecule has 90 valence electrons. The standard InChI is InChI=1S/C15H25N/c1-13(2)5-4-6-14(3)7-8-15-9-11-16-12-10-15/h9-14H,4-8H2,1-3H3. The zero-order chi connectivity index (χ0) is 11.8. The van der Waals surface area contributed by atoms with Crippen LogP contribution >= 0.6 is 0 Å². The molecule has 0 amide bonds. The first kappa shape index (κ1) is 13.2. The van der Waals surface area contributed by atoms with E-state index >= 15 is 0 Å². The highest BCUT2D eigenvalue weighted by molar-refractivity contribution is 5.09. The molecule has 1 heteroatoms. The van der Waals surface area contributed by atoms with E-state index < -0.39 is 0 Å². The van der Waals surface area contributed by atoms with Crippen molar-refractivity contribution in [2.24, 2.45) is 11.8 Å². The summed E-state index contributed by atoms with van der Waals surface area (Å²) in [6, 6.07) is 4.25. The van der Waals surface area contributed by atoms with Crippen LogP contribution in [0, 0.1) is 11.8 Å². The van der Waals surface area contributed by atoms with Crippen molar-refractivity contribution >= 4 is 0 Å². The van der Waals surface area contributed by atoms with Gasteiger partial charge in [0.1, 0.15) is 0 Å². The third-order valence-corrected chi connectivity index (χ3v) is 3.15. The molecule has 16 heavy (non-hydrogen) atoms. The van der Waals surface area contributed by atoms with Crippen LogP contribution in [0.2, 0.25) is 0 Å². The van der Waals surface area contributed by atoms with E-state index in [-0.39, 0.29) is 0 Å². The van der Waals surface area contributed by atoms with Crippen molar-refractivity contribution in [1.82, 2.24) is 4.98 Å². The molecule has 1 rings (SSSR count). The predicted octanol–water partition coefficient (Wildman–Crippen LogP) is 4.48. The Morgan fingerprint density at radius 1 is 1.00 bits per heavy atom. The second kappa shape index (κ2) is 7.43. The van der Waals surface area contributed by atoms with Gasteiger partial charge in [0, 0.05) is 12.4 Å². The Labute approximate surface area is 100 Å². The van der Waals surface area contributed by atoms with Gasteiger partial charge in [0.05, 0.1) is 0 Å². The highest BCUT2D eigenvalue weighted by atomic mass is 14.6. The average molecular weight is 219 g/mol. The first-order valence-corrected chi connectivity index (χ1v) is 6.57. The number of rotatable bonds is 7. The van der Waals surface area contributed by atoms with Crippen molar-refractivity contribution in [3.63, 3.8) is 0 Å². The summed E-state index contributed by atoms with van der Waals surface area (Å²) in [5.41, 5.74) is 1.42. The summed E-state index contributed by atoms with van der Waals surface area (Å²) in [5.74, 6) is 1.71. The average Bonchev–Trinajstić information content (AvgIpc) is 2.27. The fraction of sp³-hybridized carbons (Fsp3) is 0.667. The number of pyridine rings is 1. The van der Waals surface area contributed by atoms with E-state index in [0.29, 0.717) is 0 Å². The largest absolute Gasteiger partial charge is 0.265 e. The topological polar surface area (TPSA) is 12.9 Å². The van der Waals surface area contributed by atoms with Crippen molar-refractivity contribution < 1.29 is 0 Å². The molecule has 1 aromatic heterocycles. The number of hydrogen-bond acceptors (Lipinski definition) is 1. The molecule has 0 saturated carbocycles. The van der Waals surface area contributed by atoms with Crippen LogP contribution in [-0.4, -0.2) is 4.98 Å². The Morgan fingerprint density at radius 2 is 1.69 bits per heavy atom. The maximum Gasteiger partial charge on any atom is 0.0270 e. The van der Waals surface area contributed by atoms with E-state index in [2.05, 4.69) is 37.9 Å². The van der Waals surface area contributed by atoms with E-state index in [9.17, 15) is 0 Å². The van der Waals surface area contributed by atoms with Gasteiger partial charge in [-0.15, -0.1) is 0 Å². The lowest BCUT2D eigenvalue weighted by atomic mass is 9.94. The van der Waals surface area contributed by atoms with Crippen LogP contribution in [0.3, 0.4) is 0 Å². The Kier molecular flexibility index (Phi) is 6.14. The number of aromatic nitrogens is 1. The molecule has 1 nitrogen and oxygen atoms in total. The lowest BCUT2D eigenvalue weighted by Gasteiger charge is -2.12. The number of aryl methyl sites for hydroxylation is 1. The third kappa shape index (κ3) is 5.89. The summed E-state index contributed by atoms with van der Waals surface area (Å²) in [6.45, 7) is 6.99. The molecular weight excluding hydrogens is 194 g/mol. The van der Waals surface area contributed by atoms with Crippen molar-refractivity contribution in [2.75, 3.05) is 0 Å². The highest BCUT2D eigenvalue weighted by Crippen LogP contribution is 2.17. The molecular formula is C15H25N. The molecule has 0 aliphatic carbocycles. The quantitative estimate of drug-likeness (QED) is 0.659. The van der Waals surface area contributed by atoms with Crippen LogP contribution in [0.25, 0.3) is 0 Å². The predicted molar refractivity (Wildman–Crippen MR) is 70.4 cm³/mol. The second-order valence-corrected chi connectivity index (χ2v) is 5.32. The molecule has 0 N–H and O–H groups in total. The van der Waals surface area contributed by atoms with Crippen LogP contribution < -0.4 is 0 Å². The summed E-state index contributed by atoms with van der Waals surface area (Å²) in [6.07, 6.45) is 10.4. The van der Waals surface area contributed by atoms with Gasteiger partial charge >= 0.3 is 0 Å². The zero-order valence-corrected chi connectivity index (χ0v) is 10.9. The molecule has 0 saturated heterocycles. The van der Waals surface area contributed by atoms with Crippen LogP contribution in [0.5, 0.6) is 0 Å². The maximum atomic E-state index is 4.04. The Morgan fingerprint density at radius 3 is 2.31 bits per heavy atom. The molecule has 0 aromatic carbocycles. The lowest BCUT2D eigenvalue weighted by Crippen LogP contribution is -1.99. The molecule has 0 aliphatic rings. The Balaban J connectivity index is 2.13. The number of hydrogen-bond donors (Lipinski definition) is 0. The Bertz CT molecular complexity index is 266. The molecule has 1 atom stereocenters. The molecule has 0 fully saturated rings. The Hall–Kier alpha value is -0.850. The lowest BCUT2D eigenvalue weighted by molar-refractivity contribution is 0.437.